The summed E-state index contributed by atoms with van der Waals surface area (Å²) in [6, 6.07) is 12.6. The summed E-state index contributed by atoms with van der Waals surface area (Å²) in [6.45, 7) is 2.15. The van der Waals surface area contributed by atoms with Crippen LogP contribution in [0.2, 0.25) is 5.02 Å². The summed E-state index contributed by atoms with van der Waals surface area (Å²) < 4.78 is 0. The van der Waals surface area contributed by atoms with E-state index in [9.17, 15) is 4.79 Å². The largest absolute Gasteiger partial charge is 0.322 e. The van der Waals surface area contributed by atoms with E-state index < -0.39 is 0 Å². The highest BCUT2D eigenvalue weighted by molar-refractivity contribution is 6.32. The number of nitrogens with one attached hydrogen (secondary N) is 1. The molecule has 0 aliphatic rings. The quantitative estimate of drug-likeness (QED) is 0.837. The van der Waals surface area contributed by atoms with Crippen molar-refractivity contribution in [1.82, 2.24) is 0 Å². The number of amides is 1. The third-order valence-electron chi connectivity index (χ3n) is 2.99. The number of anilines is 1. The molecule has 0 fully saturated rings. The third kappa shape index (κ3) is 3.85. The first kappa shape index (κ1) is 15.1. The predicted octanol–water partition coefficient (Wildman–Crippen LogP) is 3.21. The van der Waals surface area contributed by atoms with Gasteiger partial charge in [-0.25, -0.2) is 0 Å². The Hall–Kier alpha value is -2.28. The molecule has 0 radical (unpaired) electrons. The molecule has 3 N–H and O–H groups in total. The Labute approximate surface area is 129 Å². The Morgan fingerprint density at radius 2 is 1.95 bits per heavy atom. The molecule has 0 aliphatic carbocycles. The van der Waals surface area contributed by atoms with Crippen molar-refractivity contribution in [2.24, 2.45) is 5.73 Å². The van der Waals surface area contributed by atoms with Gasteiger partial charge in [-0.2, -0.15) is 0 Å². The number of carbonyl (C=O) groups excluding carboxylic acids is 1. The summed E-state index contributed by atoms with van der Waals surface area (Å²) in [7, 11) is 0. The van der Waals surface area contributed by atoms with Crippen molar-refractivity contribution in [2.75, 3.05) is 11.9 Å². The first-order chi connectivity index (χ1) is 10.1. The van der Waals surface area contributed by atoms with Gasteiger partial charge in [0, 0.05) is 21.8 Å². The van der Waals surface area contributed by atoms with E-state index in [0.717, 1.165) is 11.1 Å². The zero-order valence-corrected chi connectivity index (χ0v) is 12.4. The number of nitrogens with two attached hydrogens (primary N) is 1. The minimum Gasteiger partial charge on any atom is -0.322 e. The van der Waals surface area contributed by atoms with Crippen molar-refractivity contribution in [1.29, 1.82) is 0 Å². The maximum atomic E-state index is 12.2. The van der Waals surface area contributed by atoms with Crippen molar-refractivity contribution >= 4 is 23.2 Å². The molecule has 0 heterocycles. The van der Waals surface area contributed by atoms with Gasteiger partial charge in [-0.3, -0.25) is 4.79 Å². The number of carbonyl (C=O) groups is 1. The van der Waals surface area contributed by atoms with E-state index in [1.54, 1.807) is 30.3 Å². The molecule has 4 heteroatoms. The van der Waals surface area contributed by atoms with Gasteiger partial charge in [0.05, 0.1) is 6.54 Å². The standard InChI is InChI=1S/C17H15ClN2O/c1-12-15(5-2-6-16(12)18)17(21)20-14-9-7-13(8-10-14)4-3-11-19/h2,5-10H,11,19H2,1H3,(H,20,21). The lowest BCUT2D eigenvalue weighted by molar-refractivity contribution is 0.102. The molecule has 2 rings (SSSR count). The number of rotatable bonds is 2. The molecule has 2 aromatic carbocycles. The molecule has 0 bridgehead atoms. The van der Waals surface area contributed by atoms with Crippen molar-refractivity contribution in [3.8, 4) is 11.8 Å². The number of hydrogen-bond acceptors (Lipinski definition) is 2. The smallest absolute Gasteiger partial charge is 0.255 e. The van der Waals surface area contributed by atoms with Gasteiger partial charge < -0.3 is 11.1 Å². The second-order valence-electron chi connectivity index (χ2n) is 4.45. The van der Waals surface area contributed by atoms with Crippen LogP contribution in [-0.2, 0) is 0 Å². The van der Waals surface area contributed by atoms with Crippen LogP contribution in [0.15, 0.2) is 42.5 Å². The monoisotopic (exact) mass is 298 g/mol. The Morgan fingerprint density at radius 1 is 1.24 bits per heavy atom. The summed E-state index contributed by atoms with van der Waals surface area (Å²) in [4.78, 5) is 12.2. The number of hydrogen-bond donors (Lipinski definition) is 2. The maximum absolute atomic E-state index is 12.2. The van der Waals surface area contributed by atoms with Gasteiger partial charge >= 0.3 is 0 Å². The summed E-state index contributed by atoms with van der Waals surface area (Å²) in [6.07, 6.45) is 0. The van der Waals surface area contributed by atoms with Crippen LogP contribution in [0.1, 0.15) is 21.5 Å². The zero-order valence-electron chi connectivity index (χ0n) is 11.6. The van der Waals surface area contributed by atoms with Crippen molar-refractivity contribution in [3.05, 3.63) is 64.2 Å². The molecular weight excluding hydrogens is 284 g/mol. The highest BCUT2D eigenvalue weighted by atomic mass is 35.5. The van der Waals surface area contributed by atoms with Crippen LogP contribution in [-0.4, -0.2) is 12.5 Å². The van der Waals surface area contributed by atoms with Gasteiger partial charge in [0.1, 0.15) is 0 Å². The van der Waals surface area contributed by atoms with Crippen LogP contribution in [0.25, 0.3) is 0 Å². The first-order valence-electron chi connectivity index (χ1n) is 6.47. The van der Waals surface area contributed by atoms with Gasteiger partial charge in [0.2, 0.25) is 0 Å². The highest BCUT2D eigenvalue weighted by Gasteiger charge is 2.10. The molecule has 0 aliphatic heterocycles. The van der Waals surface area contributed by atoms with Crippen LogP contribution in [0, 0.1) is 18.8 Å². The van der Waals surface area contributed by atoms with Crippen molar-refractivity contribution < 1.29 is 4.79 Å². The third-order valence-corrected chi connectivity index (χ3v) is 3.40. The Kier molecular flexibility index (Phi) is 4.99. The lowest BCUT2D eigenvalue weighted by Crippen LogP contribution is -2.13. The molecule has 106 valence electrons. The van der Waals surface area contributed by atoms with Crippen LogP contribution < -0.4 is 11.1 Å². The number of benzene rings is 2. The Morgan fingerprint density at radius 3 is 2.62 bits per heavy atom. The van der Waals surface area contributed by atoms with E-state index in [2.05, 4.69) is 17.2 Å². The highest BCUT2D eigenvalue weighted by Crippen LogP contribution is 2.20. The molecule has 0 unspecified atom stereocenters. The minimum absolute atomic E-state index is 0.184. The molecule has 0 spiro atoms. The average Bonchev–Trinajstić information content (AvgIpc) is 2.49. The van der Waals surface area contributed by atoms with E-state index in [0.29, 0.717) is 22.8 Å². The SMILES string of the molecule is Cc1c(Cl)cccc1C(=O)Nc1ccc(C#CCN)cc1. The second-order valence-corrected chi connectivity index (χ2v) is 4.86. The predicted molar refractivity (Wildman–Crippen MR) is 86.5 cm³/mol. The van der Waals surface area contributed by atoms with E-state index >= 15 is 0 Å². The minimum atomic E-state index is -0.184. The fraction of sp³-hybridized carbons (Fsp3) is 0.118. The first-order valence-corrected chi connectivity index (χ1v) is 6.85. The normalized spacial score (nSPS) is 9.67. The molecule has 0 aromatic heterocycles. The van der Waals surface area contributed by atoms with Crippen molar-refractivity contribution in [2.45, 2.75) is 6.92 Å². The van der Waals surface area contributed by atoms with E-state index in [1.165, 1.54) is 0 Å². The number of halogens is 1. The molecule has 1 amide bonds. The molecular formula is C17H15ClN2O. The summed E-state index contributed by atoms with van der Waals surface area (Å²) in [5.41, 5.74) is 8.22. The van der Waals surface area contributed by atoms with Gasteiger partial charge in [0.15, 0.2) is 0 Å². The van der Waals surface area contributed by atoms with Gasteiger partial charge in [-0.05, 0) is 48.9 Å². The van der Waals surface area contributed by atoms with Crippen LogP contribution in [0.3, 0.4) is 0 Å². The maximum Gasteiger partial charge on any atom is 0.255 e. The molecule has 0 saturated carbocycles. The molecule has 2 aromatic rings. The zero-order chi connectivity index (χ0) is 15.2. The van der Waals surface area contributed by atoms with Crippen LogP contribution >= 0.6 is 11.6 Å². The summed E-state index contributed by atoms with van der Waals surface area (Å²) in [5, 5.41) is 3.42. The van der Waals surface area contributed by atoms with Crippen LogP contribution in [0.5, 0.6) is 0 Å². The topological polar surface area (TPSA) is 55.1 Å². The van der Waals surface area contributed by atoms with E-state index in [4.69, 9.17) is 17.3 Å². The summed E-state index contributed by atoms with van der Waals surface area (Å²) in [5.74, 6) is 5.52. The lowest BCUT2D eigenvalue weighted by atomic mass is 10.1. The molecule has 0 atom stereocenters. The second kappa shape index (κ2) is 6.94. The van der Waals surface area contributed by atoms with E-state index in [1.807, 2.05) is 19.1 Å². The molecule has 0 saturated heterocycles. The Balaban J connectivity index is 2.14. The van der Waals surface area contributed by atoms with Gasteiger partial charge in [0.25, 0.3) is 5.91 Å². The lowest BCUT2D eigenvalue weighted by Gasteiger charge is -2.08. The average molecular weight is 299 g/mol. The van der Waals surface area contributed by atoms with Gasteiger partial charge in [-0.1, -0.05) is 29.5 Å². The van der Waals surface area contributed by atoms with Crippen molar-refractivity contribution in [3.63, 3.8) is 0 Å². The summed E-state index contributed by atoms with van der Waals surface area (Å²) >= 11 is 6.02. The molecule has 21 heavy (non-hydrogen) atoms. The van der Waals surface area contributed by atoms with Gasteiger partial charge in [-0.15, -0.1) is 0 Å². The molecule has 3 nitrogen and oxygen atoms in total. The van der Waals surface area contributed by atoms with Crippen LogP contribution in [0.4, 0.5) is 5.69 Å². The van der Waals surface area contributed by atoms with E-state index in [-0.39, 0.29) is 5.91 Å². The Bertz CT molecular complexity index is 712. The fourth-order valence-electron chi connectivity index (χ4n) is 1.84. The fourth-order valence-corrected chi connectivity index (χ4v) is 2.02.